The van der Waals surface area contributed by atoms with Gasteiger partial charge in [0.1, 0.15) is 5.75 Å². The van der Waals surface area contributed by atoms with Gasteiger partial charge in [-0.25, -0.2) is 0 Å². The molecule has 3 aromatic rings. The maximum absolute atomic E-state index is 13.2. The first-order valence-electron chi connectivity index (χ1n) is 9.10. The lowest BCUT2D eigenvalue weighted by Gasteiger charge is -2.20. The SMILES string of the molecule is CCN(CC)CCNc1c(OC)cc(C)c2sc3ccccc3c(=O)c12. The van der Waals surface area contributed by atoms with Gasteiger partial charge in [0, 0.05) is 27.9 Å². The van der Waals surface area contributed by atoms with Crippen molar-refractivity contribution in [1.29, 1.82) is 0 Å². The Labute approximate surface area is 158 Å². The van der Waals surface area contributed by atoms with Crippen molar-refractivity contribution < 1.29 is 4.74 Å². The summed E-state index contributed by atoms with van der Waals surface area (Å²) in [5.41, 5.74) is 1.95. The fourth-order valence-electron chi connectivity index (χ4n) is 3.32. The smallest absolute Gasteiger partial charge is 0.198 e. The Morgan fingerprint density at radius 2 is 1.92 bits per heavy atom. The van der Waals surface area contributed by atoms with Crippen molar-refractivity contribution in [1.82, 2.24) is 4.90 Å². The third-order valence-corrected chi connectivity index (χ3v) is 6.15. The van der Waals surface area contributed by atoms with E-state index in [0.717, 1.165) is 63.4 Å². The van der Waals surface area contributed by atoms with E-state index in [9.17, 15) is 4.79 Å². The van der Waals surface area contributed by atoms with Crippen LogP contribution in [0.5, 0.6) is 5.75 Å². The average molecular weight is 371 g/mol. The molecule has 0 fully saturated rings. The molecule has 0 saturated carbocycles. The van der Waals surface area contributed by atoms with Crippen LogP contribution in [0.15, 0.2) is 35.1 Å². The van der Waals surface area contributed by atoms with E-state index in [2.05, 4.69) is 24.1 Å². The van der Waals surface area contributed by atoms with E-state index >= 15 is 0 Å². The highest BCUT2D eigenvalue weighted by atomic mass is 32.1. The van der Waals surface area contributed by atoms with Crippen LogP contribution in [-0.2, 0) is 0 Å². The summed E-state index contributed by atoms with van der Waals surface area (Å²) in [5.74, 6) is 0.731. The summed E-state index contributed by atoms with van der Waals surface area (Å²) in [6.07, 6.45) is 0. The van der Waals surface area contributed by atoms with Gasteiger partial charge in [-0.05, 0) is 43.8 Å². The fourth-order valence-corrected chi connectivity index (χ4v) is 4.47. The number of likely N-dealkylation sites (N-methyl/N-ethyl adjacent to an activating group) is 1. The molecule has 0 aliphatic rings. The largest absolute Gasteiger partial charge is 0.495 e. The van der Waals surface area contributed by atoms with Gasteiger partial charge in [0.15, 0.2) is 5.43 Å². The van der Waals surface area contributed by atoms with Crippen molar-refractivity contribution in [3.05, 3.63) is 46.1 Å². The second-order valence-corrected chi connectivity index (χ2v) is 7.41. The van der Waals surface area contributed by atoms with Crippen LogP contribution in [0.25, 0.3) is 20.2 Å². The van der Waals surface area contributed by atoms with Gasteiger partial charge in [-0.1, -0.05) is 26.0 Å². The zero-order chi connectivity index (χ0) is 18.7. The lowest BCUT2D eigenvalue weighted by Crippen LogP contribution is -2.28. The van der Waals surface area contributed by atoms with Crippen LogP contribution in [0.4, 0.5) is 5.69 Å². The zero-order valence-electron chi connectivity index (χ0n) is 15.9. The van der Waals surface area contributed by atoms with Crippen molar-refractivity contribution in [2.45, 2.75) is 20.8 Å². The first-order chi connectivity index (χ1) is 12.6. The monoisotopic (exact) mass is 370 g/mol. The summed E-state index contributed by atoms with van der Waals surface area (Å²) in [7, 11) is 1.66. The standard InChI is InChI=1S/C21H26N2O2S/c1-5-23(6-2)12-11-22-19-16(25-4)13-14(3)21-18(19)20(24)15-9-7-8-10-17(15)26-21/h7-10,13,22H,5-6,11-12H2,1-4H3. The van der Waals surface area contributed by atoms with Gasteiger partial charge in [-0.3, -0.25) is 4.79 Å². The Hall–Kier alpha value is -2.11. The predicted octanol–water partition coefficient (Wildman–Crippen LogP) is 4.49. The molecule has 0 radical (unpaired) electrons. The summed E-state index contributed by atoms with van der Waals surface area (Å²) >= 11 is 1.67. The molecule has 0 amide bonds. The molecule has 3 rings (SSSR count). The molecule has 2 aromatic carbocycles. The number of hydrogen-bond donors (Lipinski definition) is 1. The first-order valence-corrected chi connectivity index (χ1v) is 9.91. The summed E-state index contributed by atoms with van der Waals surface area (Å²) in [6.45, 7) is 10.1. The van der Waals surface area contributed by atoms with Crippen LogP contribution >= 0.6 is 11.3 Å². The van der Waals surface area contributed by atoms with Crippen molar-refractivity contribution in [3.63, 3.8) is 0 Å². The minimum atomic E-state index is 0.0710. The van der Waals surface area contributed by atoms with Gasteiger partial charge in [-0.15, -0.1) is 11.3 Å². The maximum atomic E-state index is 13.2. The Morgan fingerprint density at radius 3 is 2.62 bits per heavy atom. The van der Waals surface area contributed by atoms with Crippen molar-refractivity contribution in [2.75, 3.05) is 38.6 Å². The van der Waals surface area contributed by atoms with Crippen LogP contribution < -0.4 is 15.5 Å². The number of anilines is 1. The van der Waals surface area contributed by atoms with E-state index in [0.29, 0.717) is 0 Å². The third-order valence-electron chi connectivity index (χ3n) is 4.84. The van der Waals surface area contributed by atoms with Crippen LogP contribution in [0, 0.1) is 6.92 Å². The minimum absolute atomic E-state index is 0.0710. The number of aryl methyl sites for hydroxylation is 1. The summed E-state index contributed by atoms with van der Waals surface area (Å²) in [5, 5.41) is 4.99. The molecule has 5 heteroatoms. The van der Waals surface area contributed by atoms with E-state index in [4.69, 9.17) is 4.74 Å². The van der Waals surface area contributed by atoms with E-state index in [-0.39, 0.29) is 5.43 Å². The number of rotatable bonds is 7. The Bertz CT molecular complexity index is 977. The molecule has 138 valence electrons. The molecule has 1 N–H and O–H groups in total. The molecular weight excluding hydrogens is 344 g/mol. The molecular formula is C21H26N2O2S. The highest BCUT2D eigenvalue weighted by Gasteiger charge is 2.16. The maximum Gasteiger partial charge on any atom is 0.198 e. The second kappa shape index (κ2) is 8.06. The second-order valence-electron chi connectivity index (χ2n) is 6.36. The Morgan fingerprint density at radius 1 is 1.19 bits per heavy atom. The lowest BCUT2D eigenvalue weighted by atomic mass is 10.1. The summed E-state index contributed by atoms with van der Waals surface area (Å²) in [4.78, 5) is 15.6. The molecule has 0 spiro atoms. The van der Waals surface area contributed by atoms with Crippen molar-refractivity contribution in [2.24, 2.45) is 0 Å². The van der Waals surface area contributed by atoms with E-state index in [1.54, 1.807) is 18.4 Å². The van der Waals surface area contributed by atoms with Crippen LogP contribution in [0.1, 0.15) is 19.4 Å². The molecule has 0 unspecified atom stereocenters. The summed E-state index contributed by atoms with van der Waals surface area (Å²) in [6, 6.07) is 9.84. The van der Waals surface area contributed by atoms with E-state index in [1.165, 1.54) is 0 Å². The highest BCUT2D eigenvalue weighted by Crippen LogP contribution is 2.37. The molecule has 1 heterocycles. The van der Waals surface area contributed by atoms with Gasteiger partial charge in [0.25, 0.3) is 0 Å². The number of benzene rings is 2. The minimum Gasteiger partial charge on any atom is -0.495 e. The van der Waals surface area contributed by atoms with E-state index in [1.807, 2.05) is 37.3 Å². The van der Waals surface area contributed by atoms with Crippen molar-refractivity contribution in [3.8, 4) is 5.75 Å². The number of ether oxygens (including phenoxy) is 1. The molecule has 1 aromatic heterocycles. The number of methoxy groups -OCH3 is 1. The molecule has 0 aliphatic carbocycles. The molecule has 0 atom stereocenters. The summed E-state index contributed by atoms with van der Waals surface area (Å²) < 4.78 is 7.65. The van der Waals surface area contributed by atoms with Crippen molar-refractivity contribution >= 4 is 37.2 Å². The predicted molar refractivity (Wildman–Crippen MR) is 113 cm³/mol. The first kappa shape index (κ1) is 18.7. The van der Waals surface area contributed by atoms with Crippen LogP contribution in [-0.4, -0.2) is 38.2 Å². The molecule has 0 bridgehead atoms. The number of nitrogens with one attached hydrogen (secondary N) is 1. The highest BCUT2D eigenvalue weighted by molar-refractivity contribution is 7.24. The molecule has 0 aliphatic heterocycles. The number of hydrogen-bond acceptors (Lipinski definition) is 5. The van der Waals surface area contributed by atoms with E-state index < -0.39 is 0 Å². The topological polar surface area (TPSA) is 41.6 Å². The van der Waals surface area contributed by atoms with Gasteiger partial charge in [-0.2, -0.15) is 0 Å². The third kappa shape index (κ3) is 3.41. The molecule has 26 heavy (non-hydrogen) atoms. The normalized spacial score (nSPS) is 11.4. The lowest BCUT2D eigenvalue weighted by molar-refractivity contribution is 0.316. The number of nitrogens with zero attached hydrogens (tertiary/aromatic N) is 1. The van der Waals surface area contributed by atoms with Crippen LogP contribution in [0.3, 0.4) is 0 Å². The zero-order valence-corrected chi connectivity index (χ0v) is 16.7. The molecule has 0 saturated heterocycles. The fraction of sp³-hybridized carbons (Fsp3) is 0.381. The van der Waals surface area contributed by atoms with Gasteiger partial charge >= 0.3 is 0 Å². The Kier molecular flexibility index (Phi) is 5.79. The quantitative estimate of drug-likeness (QED) is 0.623. The van der Waals surface area contributed by atoms with Gasteiger partial charge < -0.3 is 15.0 Å². The molecule has 4 nitrogen and oxygen atoms in total. The number of fused-ring (bicyclic) bond motifs is 2. The van der Waals surface area contributed by atoms with Crippen LogP contribution in [0.2, 0.25) is 0 Å². The van der Waals surface area contributed by atoms with Gasteiger partial charge in [0.05, 0.1) is 18.2 Å². The van der Waals surface area contributed by atoms with Gasteiger partial charge in [0.2, 0.25) is 0 Å². The average Bonchev–Trinajstić information content (AvgIpc) is 2.67. The Balaban J connectivity index is 2.15.